The zero-order chi connectivity index (χ0) is 17.6. The molecule has 124 valence electrons. The molecule has 0 aromatic carbocycles. The van der Waals surface area contributed by atoms with Gasteiger partial charge in [-0.25, -0.2) is 14.2 Å². The fraction of sp³-hybridized carbons (Fsp3) is 0.500. The van der Waals surface area contributed by atoms with Crippen LogP contribution in [0.1, 0.15) is 27.7 Å². The summed E-state index contributed by atoms with van der Waals surface area (Å²) in [6.45, 7) is 12.8. The van der Waals surface area contributed by atoms with E-state index in [9.17, 15) is 14.2 Å². The number of phosphoric ester groups is 1. The summed E-state index contributed by atoms with van der Waals surface area (Å²) in [5.41, 5.74) is 0.352. The summed E-state index contributed by atoms with van der Waals surface area (Å²) in [7, 11) is -3.69. The first-order chi connectivity index (χ1) is 9.41. The third-order valence-corrected chi connectivity index (χ3v) is 2.48. The maximum Gasteiger partial charge on any atom is 0.472 e. The summed E-state index contributed by atoms with van der Waals surface area (Å²) in [5, 5.41) is 15.8. The molecule has 9 heteroatoms. The lowest BCUT2D eigenvalue weighted by Gasteiger charge is -2.07. The highest BCUT2D eigenvalue weighted by Gasteiger charge is 2.17. The Morgan fingerprint density at radius 3 is 1.24 bits per heavy atom. The van der Waals surface area contributed by atoms with Gasteiger partial charge in [0.25, 0.3) is 0 Å². The normalized spacial score (nSPS) is 9.38. The Morgan fingerprint density at radius 2 is 1.14 bits per heavy atom. The summed E-state index contributed by atoms with van der Waals surface area (Å²) in [6.07, 6.45) is 0. The number of rotatable bonds is 6. The SMILES string of the molecule is C=C(C)C(=O)O.C=C(C)C(=O)O.CCOP(=O)(O)OCC. The molecular formula is C12H23O8P. The van der Waals surface area contributed by atoms with E-state index in [4.69, 9.17) is 15.1 Å². The average molecular weight is 326 g/mol. The molecule has 0 saturated heterocycles. The van der Waals surface area contributed by atoms with Crippen molar-refractivity contribution in [3.8, 4) is 0 Å². The largest absolute Gasteiger partial charge is 0.478 e. The van der Waals surface area contributed by atoms with Crippen LogP contribution in [0.5, 0.6) is 0 Å². The molecule has 0 atom stereocenters. The standard InChI is InChI=1S/C4H11O4P.2C4H6O2/c1-3-7-9(5,6)8-4-2;2*1-3(2)4(5)6/h3-4H2,1-2H3,(H,5,6);2*1H2,2H3,(H,5,6). The summed E-state index contributed by atoms with van der Waals surface area (Å²) < 4.78 is 19.2. The third kappa shape index (κ3) is 24.0. The van der Waals surface area contributed by atoms with E-state index in [0.29, 0.717) is 0 Å². The van der Waals surface area contributed by atoms with E-state index in [2.05, 4.69) is 22.2 Å². The predicted octanol–water partition coefficient (Wildman–Crippen LogP) is 2.45. The second kappa shape index (κ2) is 13.5. The highest BCUT2D eigenvalue weighted by atomic mass is 31.2. The lowest BCUT2D eigenvalue weighted by atomic mass is 10.4. The van der Waals surface area contributed by atoms with E-state index in [1.54, 1.807) is 13.8 Å². The van der Waals surface area contributed by atoms with Gasteiger partial charge in [-0.1, -0.05) is 13.2 Å². The molecule has 0 amide bonds. The first kappa shape index (κ1) is 24.5. The van der Waals surface area contributed by atoms with Gasteiger partial charge in [0, 0.05) is 11.1 Å². The predicted molar refractivity (Wildman–Crippen MR) is 78.0 cm³/mol. The highest BCUT2D eigenvalue weighted by molar-refractivity contribution is 7.47. The Labute approximate surface area is 124 Å². The van der Waals surface area contributed by atoms with Crippen molar-refractivity contribution in [1.82, 2.24) is 0 Å². The molecule has 0 unspecified atom stereocenters. The molecule has 3 N–H and O–H groups in total. The average Bonchev–Trinajstić information content (AvgIpc) is 2.29. The van der Waals surface area contributed by atoms with E-state index >= 15 is 0 Å². The highest BCUT2D eigenvalue weighted by Crippen LogP contribution is 2.42. The van der Waals surface area contributed by atoms with Crippen LogP contribution in [0.3, 0.4) is 0 Å². The van der Waals surface area contributed by atoms with Crippen molar-refractivity contribution in [2.75, 3.05) is 13.2 Å². The van der Waals surface area contributed by atoms with Crippen molar-refractivity contribution in [2.24, 2.45) is 0 Å². The molecule has 0 bridgehead atoms. The number of hydrogen-bond donors (Lipinski definition) is 3. The molecule has 0 fully saturated rings. The molecule has 0 aliphatic carbocycles. The van der Waals surface area contributed by atoms with Crippen molar-refractivity contribution >= 4 is 19.8 Å². The minimum Gasteiger partial charge on any atom is -0.478 e. The van der Waals surface area contributed by atoms with E-state index in [1.807, 2.05) is 0 Å². The summed E-state index contributed by atoms with van der Waals surface area (Å²) in [5.74, 6) is -1.87. The lowest BCUT2D eigenvalue weighted by molar-refractivity contribution is -0.133. The molecule has 0 radical (unpaired) electrons. The van der Waals surface area contributed by atoms with Crippen LogP contribution in [0.2, 0.25) is 0 Å². The van der Waals surface area contributed by atoms with E-state index in [0.717, 1.165) is 0 Å². The number of hydrogen-bond acceptors (Lipinski definition) is 5. The van der Waals surface area contributed by atoms with Gasteiger partial charge in [0.05, 0.1) is 13.2 Å². The second-order valence-corrected chi connectivity index (χ2v) is 4.93. The van der Waals surface area contributed by atoms with Gasteiger partial charge < -0.3 is 15.1 Å². The number of carboxylic acid groups (broad SMARTS) is 2. The van der Waals surface area contributed by atoms with Gasteiger partial charge in [-0.15, -0.1) is 0 Å². The zero-order valence-corrected chi connectivity index (χ0v) is 13.6. The molecule has 0 aromatic rings. The Balaban J connectivity index is -0.000000240. The Kier molecular flexibility index (Phi) is 15.8. The van der Waals surface area contributed by atoms with Crippen molar-refractivity contribution in [3.05, 3.63) is 24.3 Å². The van der Waals surface area contributed by atoms with Crippen LogP contribution in [0, 0.1) is 0 Å². The minimum absolute atomic E-state index is 0.176. The second-order valence-electron chi connectivity index (χ2n) is 3.48. The van der Waals surface area contributed by atoms with Crippen molar-refractivity contribution in [2.45, 2.75) is 27.7 Å². The fourth-order valence-corrected chi connectivity index (χ4v) is 1.09. The van der Waals surface area contributed by atoms with Crippen molar-refractivity contribution in [3.63, 3.8) is 0 Å². The Hall–Kier alpha value is -1.47. The van der Waals surface area contributed by atoms with Gasteiger partial charge in [-0.2, -0.15) is 0 Å². The maximum atomic E-state index is 10.5. The number of phosphoric acid groups is 1. The first-order valence-corrected chi connectivity index (χ1v) is 7.30. The van der Waals surface area contributed by atoms with Crippen LogP contribution >= 0.6 is 7.82 Å². The molecule has 8 nitrogen and oxygen atoms in total. The van der Waals surface area contributed by atoms with Crippen molar-refractivity contribution < 1.29 is 38.3 Å². The van der Waals surface area contributed by atoms with Crippen LogP contribution in [-0.4, -0.2) is 40.3 Å². The Bertz CT molecular complexity index is 344. The van der Waals surface area contributed by atoms with Crippen molar-refractivity contribution in [1.29, 1.82) is 0 Å². The van der Waals surface area contributed by atoms with E-state index in [1.165, 1.54) is 13.8 Å². The first-order valence-electron chi connectivity index (χ1n) is 5.80. The molecule has 0 aromatic heterocycles. The van der Waals surface area contributed by atoms with Crippen LogP contribution in [-0.2, 0) is 23.2 Å². The molecule has 0 aliphatic heterocycles. The number of carbonyl (C=O) groups is 2. The van der Waals surface area contributed by atoms with Crippen LogP contribution in [0.15, 0.2) is 24.3 Å². The van der Waals surface area contributed by atoms with Gasteiger partial charge >= 0.3 is 19.8 Å². The summed E-state index contributed by atoms with van der Waals surface area (Å²) in [6, 6.07) is 0. The molecule has 0 rings (SSSR count). The van der Waals surface area contributed by atoms with Gasteiger partial charge in [0.15, 0.2) is 0 Å². The molecule has 0 spiro atoms. The van der Waals surface area contributed by atoms with Crippen LogP contribution in [0.25, 0.3) is 0 Å². The van der Waals surface area contributed by atoms with Gasteiger partial charge in [-0.3, -0.25) is 9.05 Å². The maximum absolute atomic E-state index is 10.5. The molecule has 0 aliphatic rings. The molecular weight excluding hydrogens is 303 g/mol. The summed E-state index contributed by atoms with van der Waals surface area (Å²) >= 11 is 0. The number of aliphatic carboxylic acids is 2. The lowest BCUT2D eigenvalue weighted by Crippen LogP contribution is -1.93. The van der Waals surface area contributed by atoms with E-state index in [-0.39, 0.29) is 24.4 Å². The van der Waals surface area contributed by atoms with Crippen LogP contribution in [0.4, 0.5) is 0 Å². The Morgan fingerprint density at radius 1 is 0.952 bits per heavy atom. The minimum atomic E-state index is -3.69. The monoisotopic (exact) mass is 326 g/mol. The molecule has 21 heavy (non-hydrogen) atoms. The smallest absolute Gasteiger partial charge is 0.472 e. The van der Waals surface area contributed by atoms with Gasteiger partial charge in [-0.05, 0) is 27.7 Å². The van der Waals surface area contributed by atoms with Gasteiger partial charge in [0.2, 0.25) is 0 Å². The fourth-order valence-electron chi connectivity index (χ4n) is 0.364. The number of carboxylic acids is 2. The third-order valence-electron chi connectivity index (χ3n) is 1.31. The zero-order valence-electron chi connectivity index (χ0n) is 12.7. The van der Waals surface area contributed by atoms with E-state index < -0.39 is 19.8 Å². The summed E-state index contributed by atoms with van der Waals surface area (Å²) in [4.78, 5) is 27.8. The molecule has 0 saturated carbocycles. The van der Waals surface area contributed by atoms with Gasteiger partial charge in [0.1, 0.15) is 0 Å². The van der Waals surface area contributed by atoms with Crippen LogP contribution < -0.4 is 0 Å². The quantitative estimate of drug-likeness (QED) is 0.501. The molecule has 0 heterocycles. The topological polar surface area (TPSA) is 130 Å².